The molecule has 1 amide bonds. The van der Waals surface area contributed by atoms with Gasteiger partial charge in [0, 0.05) is 23.4 Å². The molecule has 0 aliphatic heterocycles. The van der Waals surface area contributed by atoms with Gasteiger partial charge in [-0.2, -0.15) is 5.10 Å². The van der Waals surface area contributed by atoms with Gasteiger partial charge in [-0.05, 0) is 26.0 Å². The Morgan fingerprint density at radius 2 is 1.74 bits per heavy atom. The van der Waals surface area contributed by atoms with E-state index in [1.54, 1.807) is 12.1 Å². The lowest BCUT2D eigenvalue weighted by atomic mass is 10.1. The van der Waals surface area contributed by atoms with Gasteiger partial charge in [-0.1, -0.05) is 0 Å². The van der Waals surface area contributed by atoms with E-state index in [1.165, 1.54) is 21.3 Å². The average molecular weight is 319 g/mol. The number of nitrogens with one attached hydrogen (secondary N) is 2. The molecule has 0 aliphatic carbocycles. The van der Waals surface area contributed by atoms with Crippen LogP contribution in [0.3, 0.4) is 0 Å². The van der Waals surface area contributed by atoms with Crippen molar-refractivity contribution in [2.75, 3.05) is 21.3 Å². The molecule has 0 spiro atoms. The molecule has 0 saturated carbocycles. The highest BCUT2D eigenvalue weighted by atomic mass is 16.5. The minimum absolute atomic E-state index is 0.232. The van der Waals surface area contributed by atoms with Crippen molar-refractivity contribution >= 4 is 5.91 Å². The Morgan fingerprint density at radius 1 is 1.13 bits per heavy atom. The molecule has 2 rings (SSSR count). The van der Waals surface area contributed by atoms with Crippen LogP contribution in [-0.4, -0.2) is 37.4 Å². The van der Waals surface area contributed by atoms with Gasteiger partial charge in [0.25, 0.3) is 5.91 Å². The van der Waals surface area contributed by atoms with Crippen LogP contribution in [0.5, 0.6) is 17.2 Å². The summed E-state index contributed by atoms with van der Waals surface area (Å²) in [6, 6.07) is 3.23. The van der Waals surface area contributed by atoms with E-state index in [9.17, 15) is 4.79 Å². The quantitative estimate of drug-likeness (QED) is 0.850. The van der Waals surface area contributed by atoms with Gasteiger partial charge in [-0.25, -0.2) is 0 Å². The molecule has 2 N–H and O–H groups in total. The average Bonchev–Trinajstić information content (AvgIpc) is 2.89. The van der Waals surface area contributed by atoms with Crippen LogP contribution in [-0.2, 0) is 6.54 Å². The number of ether oxygens (including phenoxy) is 3. The first kappa shape index (κ1) is 16.7. The van der Waals surface area contributed by atoms with Crippen molar-refractivity contribution in [1.29, 1.82) is 0 Å². The Morgan fingerprint density at radius 3 is 2.17 bits per heavy atom. The number of amides is 1. The minimum Gasteiger partial charge on any atom is -0.493 e. The van der Waals surface area contributed by atoms with Crippen molar-refractivity contribution in [3.63, 3.8) is 0 Å². The lowest BCUT2D eigenvalue weighted by molar-refractivity contribution is 0.0950. The molecular formula is C16H21N3O4. The highest BCUT2D eigenvalue weighted by Gasteiger charge is 2.17. The molecule has 0 aliphatic rings. The molecule has 0 fully saturated rings. The van der Waals surface area contributed by atoms with Crippen molar-refractivity contribution in [3.8, 4) is 17.2 Å². The molecule has 0 radical (unpaired) electrons. The molecular weight excluding hydrogens is 298 g/mol. The highest BCUT2D eigenvalue weighted by Crippen LogP contribution is 2.38. The number of carbonyl (C=O) groups is 1. The maximum Gasteiger partial charge on any atom is 0.251 e. The number of hydrogen-bond donors (Lipinski definition) is 2. The lowest BCUT2D eigenvalue weighted by Gasteiger charge is -2.14. The third-order valence-corrected chi connectivity index (χ3v) is 3.63. The molecule has 124 valence electrons. The number of rotatable bonds is 6. The summed E-state index contributed by atoms with van der Waals surface area (Å²) in [5, 5.41) is 9.88. The van der Waals surface area contributed by atoms with Gasteiger partial charge >= 0.3 is 0 Å². The number of aromatic nitrogens is 2. The van der Waals surface area contributed by atoms with Crippen molar-refractivity contribution in [2.24, 2.45) is 0 Å². The Hall–Kier alpha value is -2.70. The van der Waals surface area contributed by atoms with Gasteiger partial charge in [-0.15, -0.1) is 0 Å². The molecule has 1 aromatic heterocycles. The van der Waals surface area contributed by atoms with E-state index in [0.717, 1.165) is 17.0 Å². The third kappa shape index (κ3) is 3.39. The number of aryl methyl sites for hydroxylation is 2. The zero-order valence-electron chi connectivity index (χ0n) is 13.9. The monoisotopic (exact) mass is 319 g/mol. The van der Waals surface area contributed by atoms with E-state index in [-0.39, 0.29) is 5.91 Å². The predicted molar refractivity (Wildman–Crippen MR) is 85.3 cm³/mol. The Bertz CT molecular complexity index is 665. The fraction of sp³-hybridized carbons (Fsp3) is 0.375. The first-order valence-electron chi connectivity index (χ1n) is 7.10. The van der Waals surface area contributed by atoms with E-state index in [0.29, 0.717) is 29.4 Å². The molecule has 0 saturated heterocycles. The summed E-state index contributed by atoms with van der Waals surface area (Å²) >= 11 is 0. The van der Waals surface area contributed by atoms with Gasteiger partial charge in [0.1, 0.15) is 0 Å². The topological polar surface area (TPSA) is 85.5 Å². The van der Waals surface area contributed by atoms with Crippen LogP contribution in [0.25, 0.3) is 0 Å². The second kappa shape index (κ2) is 7.04. The molecule has 23 heavy (non-hydrogen) atoms. The number of benzene rings is 1. The number of H-pyrrole nitrogens is 1. The molecule has 7 nitrogen and oxygen atoms in total. The first-order chi connectivity index (χ1) is 11.0. The zero-order valence-corrected chi connectivity index (χ0v) is 13.9. The van der Waals surface area contributed by atoms with Crippen LogP contribution in [0, 0.1) is 13.8 Å². The van der Waals surface area contributed by atoms with Crippen LogP contribution in [0.2, 0.25) is 0 Å². The predicted octanol–water partition coefficient (Wildman–Crippen LogP) is 1.98. The molecule has 0 bridgehead atoms. The Balaban J connectivity index is 2.22. The van der Waals surface area contributed by atoms with Crippen molar-refractivity contribution in [3.05, 3.63) is 34.6 Å². The van der Waals surface area contributed by atoms with Gasteiger partial charge < -0.3 is 19.5 Å². The molecule has 1 heterocycles. The number of nitrogens with zero attached hydrogens (tertiary/aromatic N) is 1. The van der Waals surface area contributed by atoms with Crippen LogP contribution in [0.1, 0.15) is 27.3 Å². The number of carbonyl (C=O) groups excluding carboxylic acids is 1. The van der Waals surface area contributed by atoms with E-state index < -0.39 is 0 Å². The normalized spacial score (nSPS) is 10.3. The zero-order chi connectivity index (χ0) is 17.0. The van der Waals surface area contributed by atoms with Crippen molar-refractivity contribution < 1.29 is 19.0 Å². The molecule has 2 aromatic rings. The van der Waals surface area contributed by atoms with Gasteiger partial charge in [0.15, 0.2) is 11.5 Å². The van der Waals surface area contributed by atoms with Gasteiger partial charge in [0.05, 0.1) is 27.0 Å². The minimum atomic E-state index is -0.232. The lowest BCUT2D eigenvalue weighted by Crippen LogP contribution is -2.23. The molecule has 7 heteroatoms. The summed E-state index contributed by atoms with van der Waals surface area (Å²) < 4.78 is 15.8. The van der Waals surface area contributed by atoms with Gasteiger partial charge in [0.2, 0.25) is 5.75 Å². The second-order valence-electron chi connectivity index (χ2n) is 5.01. The molecule has 1 aromatic carbocycles. The summed E-state index contributed by atoms with van der Waals surface area (Å²) in [6.45, 7) is 4.20. The number of methoxy groups -OCH3 is 3. The smallest absolute Gasteiger partial charge is 0.251 e. The number of aromatic amines is 1. The largest absolute Gasteiger partial charge is 0.493 e. The summed E-state index contributed by atoms with van der Waals surface area (Å²) in [7, 11) is 4.54. The van der Waals surface area contributed by atoms with Crippen molar-refractivity contribution in [2.45, 2.75) is 20.4 Å². The number of hydrogen-bond acceptors (Lipinski definition) is 5. The van der Waals surface area contributed by atoms with E-state index in [1.807, 2.05) is 13.8 Å². The third-order valence-electron chi connectivity index (χ3n) is 3.63. The Kier molecular flexibility index (Phi) is 5.10. The van der Waals surface area contributed by atoms with E-state index >= 15 is 0 Å². The fourth-order valence-corrected chi connectivity index (χ4v) is 2.32. The van der Waals surface area contributed by atoms with Crippen LogP contribution >= 0.6 is 0 Å². The van der Waals surface area contributed by atoms with Crippen molar-refractivity contribution in [1.82, 2.24) is 15.5 Å². The van der Waals surface area contributed by atoms with E-state index in [4.69, 9.17) is 14.2 Å². The standard InChI is InChI=1S/C16H21N3O4/c1-9-12(10(2)19-18-9)8-17-16(20)11-6-13(21-3)15(23-5)14(7-11)22-4/h6-7H,8H2,1-5H3,(H,17,20)(H,18,19). The fourth-order valence-electron chi connectivity index (χ4n) is 2.32. The Labute approximate surface area is 134 Å². The first-order valence-corrected chi connectivity index (χ1v) is 7.10. The second-order valence-corrected chi connectivity index (χ2v) is 5.01. The van der Waals surface area contributed by atoms with E-state index in [2.05, 4.69) is 15.5 Å². The summed E-state index contributed by atoms with van der Waals surface area (Å²) in [4.78, 5) is 12.4. The highest BCUT2D eigenvalue weighted by molar-refractivity contribution is 5.95. The maximum atomic E-state index is 12.4. The molecule has 0 atom stereocenters. The SMILES string of the molecule is COc1cc(C(=O)NCc2c(C)n[nH]c2C)cc(OC)c1OC. The maximum absolute atomic E-state index is 12.4. The van der Waals surface area contributed by atoms with Crippen LogP contribution in [0.4, 0.5) is 0 Å². The van der Waals surface area contributed by atoms with Crippen LogP contribution in [0.15, 0.2) is 12.1 Å². The summed E-state index contributed by atoms with van der Waals surface area (Å²) in [5.41, 5.74) is 3.21. The van der Waals surface area contributed by atoms with Gasteiger partial charge in [-0.3, -0.25) is 9.89 Å². The van der Waals surface area contributed by atoms with Crippen LogP contribution < -0.4 is 19.5 Å². The summed E-state index contributed by atoms with van der Waals surface area (Å²) in [5.74, 6) is 1.10. The molecule has 0 unspecified atom stereocenters. The summed E-state index contributed by atoms with van der Waals surface area (Å²) in [6.07, 6.45) is 0.